The van der Waals surface area contributed by atoms with Gasteiger partial charge in [-0.3, -0.25) is 0 Å². The predicted molar refractivity (Wildman–Crippen MR) is 69.2 cm³/mol. The summed E-state index contributed by atoms with van der Waals surface area (Å²) in [6.45, 7) is 6.78. The third kappa shape index (κ3) is 1.21. The molecule has 1 unspecified atom stereocenters. The van der Waals surface area contributed by atoms with Gasteiger partial charge in [0.15, 0.2) is 0 Å². The van der Waals surface area contributed by atoms with Gasteiger partial charge in [0.2, 0.25) is 0 Å². The third-order valence-corrected chi connectivity index (χ3v) is 6.72. The van der Waals surface area contributed by atoms with E-state index in [1.165, 1.54) is 6.42 Å². The number of hydrogen-bond acceptors (Lipinski definition) is 3. The van der Waals surface area contributed by atoms with Gasteiger partial charge in [-0.15, -0.1) is 0 Å². The SMILES string of the molecule is CC1CC[C@@]2(C)[C@@H](C1)O[C@]1(CO)[C@@H](O)CC[C@]21C. The van der Waals surface area contributed by atoms with Gasteiger partial charge in [0.1, 0.15) is 5.60 Å². The van der Waals surface area contributed by atoms with E-state index in [0.29, 0.717) is 5.92 Å². The number of hydrogen-bond donors (Lipinski definition) is 2. The van der Waals surface area contributed by atoms with E-state index in [2.05, 4.69) is 20.8 Å². The molecule has 18 heavy (non-hydrogen) atoms. The second kappa shape index (κ2) is 3.71. The minimum Gasteiger partial charge on any atom is -0.393 e. The molecule has 0 spiro atoms. The molecule has 3 fully saturated rings. The minimum absolute atomic E-state index is 0.0505. The zero-order chi connectivity index (χ0) is 13.2. The maximum Gasteiger partial charge on any atom is 0.123 e. The van der Waals surface area contributed by atoms with E-state index in [1.807, 2.05) is 0 Å². The van der Waals surface area contributed by atoms with Crippen molar-refractivity contribution in [2.24, 2.45) is 16.7 Å². The van der Waals surface area contributed by atoms with Crippen molar-refractivity contribution in [3.05, 3.63) is 0 Å². The lowest BCUT2D eigenvalue weighted by molar-refractivity contribution is -0.155. The Morgan fingerprint density at radius 2 is 1.94 bits per heavy atom. The zero-order valence-electron chi connectivity index (χ0n) is 11.8. The van der Waals surface area contributed by atoms with Crippen LogP contribution in [0, 0.1) is 16.7 Å². The fourth-order valence-electron chi connectivity index (χ4n) is 5.05. The molecule has 0 radical (unpaired) electrons. The van der Waals surface area contributed by atoms with Crippen molar-refractivity contribution in [2.45, 2.75) is 70.7 Å². The normalized spacial score (nSPS) is 59.5. The third-order valence-electron chi connectivity index (χ3n) is 6.72. The molecule has 0 amide bonds. The van der Waals surface area contributed by atoms with Crippen LogP contribution in [0.5, 0.6) is 0 Å². The van der Waals surface area contributed by atoms with Crippen LogP contribution in [-0.4, -0.2) is 34.6 Å². The monoisotopic (exact) mass is 254 g/mol. The highest BCUT2D eigenvalue weighted by Crippen LogP contribution is 2.69. The van der Waals surface area contributed by atoms with Crippen LogP contribution in [0.2, 0.25) is 0 Å². The highest BCUT2D eigenvalue weighted by Gasteiger charge is 2.73. The Kier molecular flexibility index (Phi) is 2.66. The number of fused-ring (bicyclic) bond motifs is 3. The van der Waals surface area contributed by atoms with Gasteiger partial charge in [-0.05, 0) is 38.0 Å². The van der Waals surface area contributed by atoms with E-state index in [0.717, 1.165) is 25.7 Å². The second-order valence-electron chi connectivity index (χ2n) is 7.34. The summed E-state index contributed by atoms with van der Waals surface area (Å²) in [5, 5.41) is 20.3. The topological polar surface area (TPSA) is 49.7 Å². The highest BCUT2D eigenvalue weighted by molar-refractivity contribution is 5.21. The summed E-state index contributed by atoms with van der Waals surface area (Å²) in [7, 11) is 0. The van der Waals surface area contributed by atoms with Crippen molar-refractivity contribution >= 4 is 0 Å². The minimum atomic E-state index is -0.712. The van der Waals surface area contributed by atoms with E-state index in [4.69, 9.17) is 4.74 Å². The molecule has 1 aliphatic heterocycles. The van der Waals surface area contributed by atoms with E-state index in [1.54, 1.807) is 0 Å². The number of rotatable bonds is 1. The number of ether oxygens (including phenoxy) is 1. The van der Waals surface area contributed by atoms with Gasteiger partial charge >= 0.3 is 0 Å². The molecule has 0 aromatic rings. The molecule has 2 saturated carbocycles. The molecule has 3 heteroatoms. The molecule has 0 aromatic carbocycles. The summed E-state index contributed by atoms with van der Waals surface area (Å²) in [5.41, 5.74) is -0.685. The Labute approximate surface area is 110 Å². The van der Waals surface area contributed by atoms with Crippen LogP contribution in [0.3, 0.4) is 0 Å². The van der Waals surface area contributed by atoms with Crippen LogP contribution in [0.25, 0.3) is 0 Å². The molecule has 104 valence electrons. The standard InChI is InChI=1S/C15H26O3/c1-10-4-6-13(2)12(8-10)18-15(9-16)11(17)5-7-14(13,15)3/h10-12,16-17H,4-9H2,1-3H3/t10?,11-,12+,13-,14+,15+/m0/s1. The lowest BCUT2D eigenvalue weighted by atomic mass is 9.54. The zero-order valence-corrected chi connectivity index (χ0v) is 11.8. The van der Waals surface area contributed by atoms with Crippen molar-refractivity contribution in [1.82, 2.24) is 0 Å². The quantitative estimate of drug-likeness (QED) is 0.753. The van der Waals surface area contributed by atoms with Crippen LogP contribution >= 0.6 is 0 Å². The van der Waals surface area contributed by atoms with Crippen molar-refractivity contribution < 1.29 is 14.9 Å². The molecular weight excluding hydrogens is 228 g/mol. The van der Waals surface area contributed by atoms with Crippen LogP contribution in [0.15, 0.2) is 0 Å². The molecule has 2 N–H and O–H groups in total. The predicted octanol–water partition coefficient (Wildman–Crippen LogP) is 2.10. The molecule has 3 nitrogen and oxygen atoms in total. The molecule has 3 rings (SSSR count). The molecule has 1 saturated heterocycles. The average Bonchev–Trinajstić information content (AvgIpc) is 2.70. The van der Waals surface area contributed by atoms with E-state index in [-0.39, 0.29) is 23.5 Å². The van der Waals surface area contributed by atoms with Gasteiger partial charge in [-0.2, -0.15) is 0 Å². The summed E-state index contributed by atoms with van der Waals surface area (Å²) < 4.78 is 6.31. The summed E-state index contributed by atoms with van der Waals surface area (Å²) >= 11 is 0. The molecular formula is C15H26O3. The van der Waals surface area contributed by atoms with Gasteiger partial charge in [-0.1, -0.05) is 20.8 Å². The number of aliphatic hydroxyl groups is 2. The van der Waals surface area contributed by atoms with Crippen molar-refractivity contribution in [3.8, 4) is 0 Å². The van der Waals surface area contributed by atoms with Gasteiger partial charge < -0.3 is 14.9 Å². The highest BCUT2D eigenvalue weighted by atomic mass is 16.5. The fraction of sp³-hybridized carbons (Fsp3) is 1.00. The fourth-order valence-corrected chi connectivity index (χ4v) is 5.05. The lowest BCUT2D eigenvalue weighted by Crippen LogP contribution is -2.54. The first-order chi connectivity index (χ1) is 8.39. The maximum atomic E-state index is 10.4. The van der Waals surface area contributed by atoms with Crippen LogP contribution < -0.4 is 0 Å². The Bertz CT molecular complexity index is 358. The smallest absolute Gasteiger partial charge is 0.123 e. The van der Waals surface area contributed by atoms with Crippen molar-refractivity contribution in [2.75, 3.05) is 6.61 Å². The van der Waals surface area contributed by atoms with Gasteiger partial charge in [0, 0.05) is 10.8 Å². The largest absolute Gasteiger partial charge is 0.393 e. The van der Waals surface area contributed by atoms with Crippen LogP contribution in [0.4, 0.5) is 0 Å². The van der Waals surface area contributed by atoms with Crippen molar-refractivity contribution in [1.29, 1.82) is 0 Å². The molecule has 0 aromatic heterocycles. The van der Waals surface area contributed by atoms with E-state index >= 15 is 0 Å². The average molecular weight is 254 g/mol. The summed E-state index contributed by atoms with van der Waals surface area (Å²) in [6, 6.07) is 0. The van der Waals surface area contributed by atoms with E-state index < -0.39 is 11.7 Å². The molecule has 0 bridgehead atoms. The molecule has 2 aliphatic carbocycles. The van der Waals surface area contributed by atoms with E-state index in [9.17, 15) is 10.2 Å². The first-order valence-corrected chi connectivity index (χ1v) is 7.36. The molecule has 6 atom stereocenters. The Balaban J connectivity index is 2.05. The molecule has 3 aliphatic rings. The van der Waals surface area contributed by atoms with Gasteiger partial charge in [-0.25, -0.2) is 0 Å². The molecule has 1 heterocycles. The summed E-state index contributed by atoms with van der Waals surface area (Å²) in [5.74, 6) is 0.693. The van der Waals surface area contributed by atoms with Gasteiger partial charge in [0.25, 0.3) is 0 Å². The second-order valence-corrected chi connectivity index (χ2v) is 7.34. The first kappa shape index (κ1) is 12.9. The Hall–Kier alpha value is -0.120. The Morgan fingerprint density at radius 3 is 2.61 bits per heavy atom. The summed E-state index contributed by atoms with van der Waals surface area (Å²) in [4.78, 5) is 0. The van der Waals surface area contributed by atoms with Gasteiger partial charge in [0.05, 0.1) is 18.8 Å². The summed E-state index contributed by atoms with van der Waals surface area (Å²) in [6.07, 6.45) is 4.89. The van der Waals surface area contributed by atoms with Crippen molar-refractivity contribution in [3.63, 3.8) is 0 Å². The van der Waals surface area contributed by atoms with Crippen LogP contribution in [0.1, 0.15) is 52.9 Å². The Morgan fingerprint density at radius 1 is 1.22 bits per heavy atom. The number of aliphatic hydroxyl groups excluding tert-OH is 2. The maximum absolute atomic E-state index is 10.4. The lowest BCUT2D eigenvalue weighted by Gasteiger charge is -2.48. The first-order valence-electron chi connectivity index (χ1n) is 7.36. The van der Waals surface area contributed by atoms with Crippen LogP contribution in [-0.2, 0) is 4.74 Å².